The Morgan fingerprint density at radius 3 is 2.52 bits per heavy atom. The molecular weight excluding hydrogens is 478 g/mol. The Kier molecular flexibility index (Phi) is 4.80. The lowest BCUT2D eigenvalue weighted by Gasteiger charge is -2.16. The molecule has 0 fully saturated rings. The fourth-order valence-corrected chi connectivity index (χ4v) is 4.33. The average molecular weight is 493 g/mol. The monoisotopic (exact) mass is 491 g/mol. The van der Waals surface area contributed by atoms with Gasteiger partial charge in [0.25, 0.3) is 0 Å². The quantitative estimate of drug-likeness (QED) is 0.285. The lowest BCUT2D eigenvalue weighted by molar-refractivity contribution is 0.477. The van der Waals surface area contributed by atoms with E-state index in [0.29, 0.717) is 32.6 Å². The summed E-state index contributed by atoms with van der Waals surface area (Å²) in [5.41, 5.74) is 2.09. The molecule has 0 aliphatic heterocycles. The Balaban J connectivity index is 2.02. The molecule has 152 valence electrons. The molecule has 0 saturated heterocycles. The van der Waals surface area contributed by atoms with Crippen molar-refractivity contribution in [3.05, 3.63) is 92.3 Å². The Labute approximate surface area is 190 Å². The zero-order valence-electron chi connectivity index (χ0n) is 16.3. The molecule has 5 rings (SSSR count). The van der Waals surface area contributed by atoms with Crippen LogP contribution in [0.5, 0.6) is 5.75 Å². The predicted molar refractivity (Wildman–Crippen MR) is 128 cm³/mol. The van der Waals surface area contributed by atoms with Gasteiger partial charge in [0, 0.05) is 32.2 Å². The van der Waals surface area contributed by atoms with Crippen LogP contribution < -0.4 is 5.63 Å². The van der Waals surface area contributed by atoms with Crippen LogP contribution in [0.1, 0.15) is 5.56 Å². The van der Waals surface area contributed by atoms with E-state index in [1.165, 1.54) is 0 Å². The Bertz CT molecular complexity index is 1540. The third kappa shape index (κ3) is 3.40. The van der Waals surface area contributed by atoms with E-state index in [0.717, 1.165) is 20.8 Å². The predicted octanol–water partition coefficient (Wildman–Crippen LogP) is 7.11. The van der Waals surface area contributed by atoms with Crippen molar-refractivity contribution in [2.24, 2.45) is 0 Å². The molecule has 0 radical (unpaired) electrons. The summed E-state index contributed by atoms with van der Waals surface area (Å²) in [5.74, 6) is 0.344. The van der Waals surface area contributed by atoms with Gasteiger partial charge in [-0.25, -0.2) is 4.79 Å². The lowest BCUT2D eigenvalue weighted by atomic mass is 9.92. The second kappa shape index (κ2) is 7.52. The number of fused-ring (bicyclic) bond motifs is 2. The van der Waals surface area contributed by atoms with Gasteiger partial charge in [0.1, 0.15) is 11.4 Å². The van der Waals surface area contributed by atoms with E-state index >= 15 is 0 Å². The standard InChI is InChI=1S/C25H15BrClNO3/c1-13-2-8-20(28-12-13)24-23(19-11-16(27)6-7-17(19)25(30)31-24)22-18-10-15(26)5-3-14(18)4-9-21(22)29/h2-12,29H,1H3. The van der Waals surface area contributed by atoms with Crippen LogP contribution in [0.15, 0.2) is 80.5 Å². The minimum atomic E-state index is -0.492. The van der Waals surface area contributed by atoms with Crippen LogP contribution in [-0.4, -0.2) is 10.1 Å². The number of phenolic OH excluding ortho intramolecular Hbond substituents is 1. The topological polar surface area (TPSA) is 63.3 Å². The van der Waals surface area contributed by atoms with E-state index < -0.39 is 5.63 Å². The molecule has 0 saturated carbocycles. The Morgan fingerprint density at radius 1 is 0.935 bits per heavy atom. The average Bonchev–Trinajstić information content (AvgIpc) is 2.75. The summed E-state index contributed by atoms with van der Waals surface area (Å²) >= 11 is 9.83. The van der Waals surface area contributed by atoms with Crippen LogP contribution in [0, 0.1) is 6.92 Å². The molecule has 5 aromatic rings. The number of halogens is 2. The fraction of sp³-hybridized carbons (Fsp3) is 0.0400. The summed E-state index contributed by atoms with van der Waals surface area (Å²) in [6.45, 7) is 1.93. The Morgan fingerprint density at radius 2 is 1.74 bits per heavy atom. The maximum absolute atomic E-state index is 12.8. The molecule has 3 aromatic carbocycles. The van der Waals surface area contributed by atoms with E-state index in [1.54, 1.807) is 36.5 Å². The first-order valence-electron chi connectivity index (χ1n) is 9.53. The van der Waals surface area contributed by atoms with Crippen LogP contribution in [0.3, 0.4) is 0 Å². The zero-order valence-corrected chi connectivity index (χ0v) is 18.7. The van der Waals surface area contributed by atoms with Gasteiger partial charge in [-0.3, -0.25) is 4.98 Å². The van der Waals surface area contributed by atoms with Gasteiger partial charge in [-0.05, 0) is 65.7 Å². The highest BCUT2D eigenvalue weighted by Gasteiger charge is 2.22. The molecule has 0 amide bonds. The number of hydrogen-bond acceptors (Lipinski definition) is 4. The summed E-state index contributed by atoms with van der Waals surface area (Å²) in [4.78, 5) is 17.3. The van der Waals surface area contributed by atoms with Crippen LogP contribution in [0.25, 0.3) is 44.1 Å². The van der Waals surface area contributed by atoms with Gasteiger partial charge in [0.15, 0.2) is 5.76 Å². The first-order valence-corrected chi connectivity index (χ1v) is 10.7. The molecule has 0 bridgehead atoms. The van der Waals surface area contributed by atoms with Gasteiger partial charge in [0.2, 0.25) is 0 Å². The van der Waals surface area contributed by atoms with Crippen molar-refractivity contribution in [3.63, 3.8) is 0 Å². The molecule has 6 heteroatoms. The molecule has 4 nitrogen and oxygen atoms in total. The van der Waals surface area contributed by atoms with Crippen molar-refractivity contribution in [1.29, 1.82) is 0 Å². The molecular formula is C25H15BrClNO3. The Hall–Kier alpha value is -3.15. The molecule has 31 heavy (non-hydrogen) atoms. The summed E-state index contributed by atoms with van der Waals surface area (Å²) in [6, 6.07) is 18.0. The largest absolute Gasteiger partial charge is 0.507 e. The molecule has 1 N–H and O–H groups in total. The zero-order chi connectivity index (χ0) is 21.7. The SMILES string of the molecule is Cc1ccc(-c2oc(=O)c3ccc(Cl)cc3c2-c2c(O)ccc3ccc(Br)cc23)nc1. The maximum Gasteiger partial charge on any atom is 0.344 e. The van der Waals surface area contributed by atoms with E-state index in [1.807, 2.05) is 37.3 Å². The van der Waals surface area contributed by atoms with Crippen LogP contribution in [0.4, 0.5) is 0 Å². The fourth-order valence-electron chi connectivity index (χ4n) is 3.80. The van der Waals surface area contributed by atoms with E-state index in [2.05, 4.69) is 20.9 Å². The minimum Gasteiger partial charge on any atom is -0.507 e. The number of benzene rings is 3. The number of nitrogens with zero attached hydrogens (tertiary/aromatic N) is 1. The summed E-state index contributed by atoms with van der Waals surface area (Å²) < 4.78 is 6.65. The number of hydrogen-bond donors (Lipinski definition) is 1. The van der Waals surface area contributed by atoms with E-state index in [9.17, 15) is 9.90 Å². The molecule has 0 spiro atoms. The van der Waals surface area contributed by atoms with Gasteiger partial charge in [-0.2, -0.15) is 0 Å². The van der Waals surface area contributed by atoms with Crippen LogP contribution in [0.2, 0.25) is 5.02 Å². The van der Waals surface area contributed by atoms with Gasteiger partial charge in [0.05, 0.1) is 5.39 Å². The number of pyridine rings is 1. The third-order valence-electron chi connectivity index (χ3n) is 5.25. The molecule has 2 heterocycles. The maximum atomic E-state index is 12.8. The van der Waals surface area contributed by atoms with Crippen LogP contribution >= 0.6 is 27.5 Å². The van der Waals surface area contributed by atoms with E-state index in [4.69, 9.17) is 16.0 Å². The normalized spacial score (nSPS) is 11.3. The van der Waals surface area contributed by atoms with E-state index in [-0.39, 0.29) is 11.5 Å². The smallest absolute Gasteiger partial charge is 0.344 e. The van der Waals surface area contributed by atoms with Crippen molar-refractivity contribution in [3.8, 4) is 28.3 Å². The molecule has 0 atom stereocenters. The highest BCUT2D eigenvalue weighted by Crippen LogP contribution is 2.45. The molecule has 0 unspecified atom stereocenters. The number of rotatable bonds is 2. The highest BCUT2D eigenvalue weighted by molar-refractivity contribution is 9.10. The number of phenols is 1. The van der Waals surface area contributed by atoms with Gasteiger partial charge in [-0.15, -0.1) is 0 Å². The summed E-state index contributed by atoms with van der Waals surface area (Å²) in [6.07, 6.45) is 1.71. The van der Waals surface area contributed by atoms with Gasteiger partial charge < -0.3 is 9.52 Å². The summed E-state index contributed by atoms with van der Waals surface area (Å²) in [5, 5.41) is 14.2. The van der Waals surface area contributed by atoms with Gasteiger partial charge >= 0.3 is 5.63 Å². The lowest BCUT2D eigenvalue weighted by Crippen LogP contribution is -2.04. The minimum absolute atomic E-state index is 0.0640. The molecule has 2 aromatic heterocycles. The third-order valence-corrected chi connectivity index (χ3v) is 5.98. The molecule has 0 aliphatic rings. The van der Waals surface area contributed by atoms with Crippen molar-refractivity contribution in [2.75, 3.05) is 0 Å². The van der Waals surface area contributed by atoms with Crippen molar-refractivity contribution < 1.29 is 9.52 Å². The number of aryl methyl sites for hydroxylation is 1. The number of aromatic hydroxyl groups is 1. The van der Waals surface area contributed by atoms with Gasteiger partial charge in [-0.1, -0.05) is 45.7 Å². The second-order valence-corrected chi connectivity index (χ2v) is 8.68. The van der Waals surface area contributed by atoms with Crippen molar-refractivity contribution in [2.45, 2.75) is 6.92 Å². The number of aromatic nitrogens is 1. The second-order valence-electron chi connectivity index (χ2n) is 7.33. The van der Waals surface area contributed by atoms with Crippen molar-refractivity contribution >= 4 is 49.1 Å². The van der Waals surface area contributed by atoms with Crippen LogP contribution in [-0.2, 0) is 0 Å². The molecule has 0 aliphatic carbocycles. The first-order chi connectivity index (χ1) is 14.9. The summed E-state index contributed by atoms with van der Waals surface area (Å²) in [7, 11) is 0. The highest BCUT2D eigenvalue weighted by atomic mass is 79.9. The van der Waals surface area contributed by atoms with Crippen molar-refractivity contribution in [1.82, 2.24) is 4.98 Å². The first kappa shape index (κ1) is 19.8.